The molecule has 0 amide bonds. The summed E-state index contributed by atoms with van der Waals surface area (Å²) in [5, 5.41) is 3.25. The van der Waals surface area contributed by atoms with Crippen molar-refractivity contribution in [2.24, 2.45) is 0 Å². The summed E-state index contributed by atoms with van der Waals surface area (Å²) >= 11 is 0. The number of fused-ring (bicyclic) bond motifs is 1. The monoisotopic (exact) mass is 508 g/mol. The molecule has 1 aliphatic rings. The third kappa shape index (κ3) is 5.15. The average Bonchev–Trinajstić information content (AvgIpc) is 3.30. The number of nitrogens with one attached hydrogen (secondary N) is 2. The Labute approximate surface area is 209 Å². The highest BCUT2D eigenvalue weighted by molar-refractivity contribution is 7.89. The van der Waals surface area contributed by atoms with Crippen molar-refractivity contribution in [1.82, 2.24) is 34.1 Å². The molecule has 4 aromatic rings. The fourth-order valence-corrected chi connectivity index (χ4v) is 5.35. The van der Waals surface area contributed by atoms with Crippen LogP contribution >= 0.6 is 0 Å². The van der Waals surface area contributed by atoms with E-state index >= 15 is 0 Å². The van der Waals surface area contributed by atoms with E-state index in [2.05, 4.69) is 35.1 Å². The molecule has 11 nitrogen and oxygen atoms in total. The number of ether oxygens (including phenoxy) is 1. The van der Waals surface area contributed by atoms with Crippen LogP contribution in [0, 0.1) is 0 Å². The average molecular weight is 509 g/mol. The van der Waals surface area contributed by atoms with Crippen LogP contribution in [0.2, 0.25) is 0 Å². The summed E-state index contributed by atoms with van der Waals surface area (Å²) in [4.78, 5) is 23.0. The van der Waals surface area contributed by atoms with Crippen LogP contribution in [0.4, 0.5) is 11.8 Å². The Morgan fingerprint density at radius 1 is 1.11 bits per heavy atom. The number of anilines is 2. The first kappa shape index (κ1) is 24.1. The van der Waals surface area contributed by atoms with E-state index < -0.39 is 10.0 Å². The Bertz CT molecular complexity index is 1470. The van der Waals surface area contributed by atoms with E-state index in [1.807, 2.05) is 30.3 Å². The van der Waals surface area contributed by atoms with Crippen molar-refractivity contribution >= 4 is 32.8 Å². The highest BCUT2D eigenvalue weighted by Crippen LogP contribution is 2.29. The molecule has 5 rings (SSSR count). The molecule has 0 radical (unpaired) electrons. The van der Waals surface area contributed by atoms with Crippen molar-refractivity contribution in [2.75, 3.05) is 44.4 Å². The predicted molar refractivity (Wildman–Crippen MR) is 138 cm³/mol. The molecule has 4 heterocycles. The fraction of sp³-hybridized carbons (Fsp3) is 0.333. The molecule has 1 fully saturated rings. The molecule has 12 heteroatoms. The summed E-state index contributed by atoms with van der Waals surface area (Å²) in [7, 11) is -1.53. The van der Waals surface area contributed by atoms with Gasteiger partial charge in [0.05, 0.1) is 30.1 Å². The normalized spacial score (nSPS) is 15.3. The minimum absolute atomic E-state index is 0.143. The van der Waals surface area contributed by atoms with E-state index in [0.717, 1.165) is 28.7 Å². The largest absolute Gasteiger partial charge is 0.493 e. The summed E-state index contributed by atoms with van der Waals surface area (Å²) in [5.74, 6) is 2.00. The Morgan fingerprint density at radius 3 is 2.72 bits per heavy atom. The molecule has 0 spiro atoms. The number of aromatic amines is 1. The van der Waals surface area contributed by atoms with Gasteiger partial charge in [-0.05, 0) is 36.8 Å². The van der Waals surface area contributed by atoms with Gasteiger partial charge in [-0.15, -0.1) is 0 Å². The number of aromatic nitrogens is 5. The lowest BCUT2D eigenvalue weighted by atomic mass is 10.1. The topological polar surface area (TPSA) is 129 Å². The first-order chi connectivity index (χ1) is 17.4. The van der Waals surface area contributed by atoms with Crippen molar-refractivity contribution in [3.05, 3.63) is 54.6 Å². The minimum atomic E-state index is -3.13. The second kappa shape index (κ2) is 10.2. The highest BCUT2D eigenvalue weighted by atomic mass is 32.2. The van der Waals surface area contributed by atoms with Gasteiger partial charge < -0.3 is 15.0 Å². The lowest BCUT2D eigenvalue weighted by molar-refractivity contribution is 0.181. The fourth-order valence-electron chi connectivity index (χ4n) is 4.27. The van der Waals surface area contributed by atoms with E-state index in [9.17, 15) is 8.42 Å². The summed E-state index contributed by atoms with van der Waals surface area (Å²) in [6.07, 6.45) is 4.89. The molecule has 0 bridgehead atoms. The number of rotatable bonds is 8. The van der Waals surface area contributed by atoms with Crippen LogP contribution in [0.25, 0.3) is 22.3 Å². The predicted octanol–water partition coefficient (Wildman–Crippen LogP) is 2.63. The van der Waals surface area contributed by atoms with Gasteiger partial charge in [0.25, 0.3) is 0 Å². The standard InChI is InChI=1S/C24H28N8O3S/c1-3-36(33,34)32-10-8-31(9-11-32)15-17-6-7-26-22(12-17)30-24-28-19-5-4-18(13-20(19)29-24)23-21(35-2)14-25-16-27-23/h4-7,12-14,16H,3,8-11,15H2,1-2H3,(H2,26,28,29,30). The Kier molecular flexibility index (Phi) is 6.81. The smallest absolute Gasteiger partial charge is 0.213 e. The molecule has 1 aliphatic heterocycles. The number of H-pyrrole nitrogens is 1. The van der Waals surface area contributed by atoms with Gasteiger partial charge in [-0.1, -0.05) is 6.07 Å². The van der Waals surface area contributed by atoms with Gasteiger partial charge in [-0.2, -0.15) is 4.31 Å². The van der Waals surface area contributed by atoms with Gasteiger partial charge in [0.15, 0.2) is 5.75 Å². The van der Waals surface area contributed by atoms with Crippen molar-refractivity contribution in [3.8, 4) is 17.0 Å². The van der Waals surface area contributed by atoms with Crippen molar-refractivity contribution in [3.63, 3.8) is 0 Å². The Hall–Kier alpha value is -3.61. The molecule has 36 heavy (non-hydrogen) atoms. The second-order valence-corrected chi connectivity index (χ2v) is 10.8. The van der Waals surface area contributed by atoms with E-state index in [4.69, 9.17) is 4.74 Å². The zero-order chi connectivity index (χ0) is 25.1. The van der Waals surface area contributed by atoms with Crippen LogP contribution in [0.1, 0.15) is 12.5 Å². The number of imidazole rings is 1. The molecule has 1 saturated heterocycles. The molecule has 188 valence electrons. The van der Waals surface area contributed by atoms with E-state index in [0.29, 0.717) is 49.4 Å². The number of piperazine rings is 1. The quantitative estimate of drug-likeness (QED) is 0.369. The number of hydrogen-bond donors (Lipinski definition) is 2. The zero-order valence-corrected chi connectivity index (χ0v) is 21.0. The number of nitrogens with zero attached hydrogens (tertiary/aromatic N) is 6. The minimum Gasteiger partial charge on any atom is -0.493 e. The SMILES string of the molecule is CCS(=O)(=O)N1CCN(Cc2ccnc(Nc3nc4ccc(-c5ncncc5OC)cc4[nH]3)c2)CC1. The molecular formula is C24H28N8O3S. The van der Waals surface area contributed by atoms with Gasteiger partial charge in [0, 0.05) is 44.5 Å². The molecule has 3 aromatic heterocycles. The summed E-state index contributed by atoms with van der Waals surface area (Å²) in [5.41, 5.74) is 4.36. The van der Waals surface area contributed by atoms with Gasteiger partial charge in [-0.3, -0.25) is 4.90 Å². The molecule has 0 aliphatic carbocycles. The van der Waals surface area contributed by atoms with E-state index in [1.54, 1.807) is 30.7 Å². The maximum atomic E-state index is 12.1. The summed E-state index contributed by atoms with van der Waals surface area (Å²) in [6.45, 7) is 4.86. The van der Waals surface area contributed by atoms with Crippen molar-refractivity contribution < 1.29 is 13.2 Å². The summed E-state index contributed by atoms with van der Waals surface area (Å²) in [6, 6.07) is 9.80. The van der Waals surface area contributed by atoms with Crippen LogP contribution in [0.3, 0.4) is 0 Å². The third-order valence-corrected chi connectivity index (χ3v) is 8.10. The van der Waals surface area contributed by atoms with Crippen molar-refractivity contribution in [1.29, 1.82) is 0 Å². The number of benzene rings is 1. The van der Waals surface area contributed by atoms with Gasteiger partial charge in [-0.25, -0.2) is 28.4 Å². The second-order valence-electron chi connectivity index (χ2n) is 8.51. The molecule has 2 N–H and O–H groups in total. The van der Waals surface area contributed by atoms with Crippen LogP contribution in [0.5, 0.6) is 5.75 Å². The third-order valence-electron chi connectivity index (χ3n) is 6.22. The molecule has 0 saturated carbocycles. The maximum absolute atomic E-state index is 12.1. The van der Waals surface area contributed by atoms with E-state index in [1.165, 1.54) is 6.33 Å². The van der Waals surface area contributed by atoms with Crippen LogP contribution < -0.4 is 10.1 Å². The lowest BCUT2D eigenvalue weighted by Gasteiger charge is -2.33. The van der Waals surface area contributed by atoms with Gasteiger partial charge in [0.1, 0.15) is 17.8 Å². The number of sulfonamides is 1. The van der Waals surface area contributed by atoms with Crippen LogP contribution in [-0.4, -0.2) is 81.6 Å². The van der Waals surface area contributed by atoms with Crippen LogP contribution in [0.15, 0.2) is 49.1 Å². The number of methoxy groups -OCH3 is 1. The number of pyridine rings is 1. The Morgan fingerprint density at radius 2 is 1.94 bits per heavy atom. The first-order valence-electron chi connectivity index (χ1n) is 11.7. The lowest BCUT2D eigenvalue weighted by Crippen LogP contribution is -2.48. The summed E-state index contributed by atoms with van der Waals surface area (Å²) < 4.78 is 31.1. The van der Waals surface area contributed by atoms with Crippen LogP contribution in [-0.2, 0) is 16.6 Å². The number of hydrogen-bond acceptors (Lipinski definition) is 9. The van der Waals surface area contributed by atoms with E-state index in [-0.39, 0.29) is 5.75 Å². The molecule has 1 aromatic carbocycles. The maximum Gasteiger partial charge on any atom is 0.213 e. The highest BCUT2D eigenvalue weighted by Gasteiger charge is 2.25. The van der Waals surface area contributed by atoms with Gasteiger partial charge >= 0.3 is 0 Å². The molecular weight excluding hydrogens is 480 g/mol. The first-order valence-corrected chi connectivity index (χ1v) is 13.3. The zero-order valence-electron chi connectivity index (χ0n) is 20.2. The molecule has 0 unspecified atom stereocenters. The van der Waals surface area contributed by atoms with Gasteiger partial charge in [0.2, 0.25) is 16.0 Å². The molecule has 0 atom stereocenters. The van der Waals surface area contributed by atoms with Crippen molar-refractivity contribution in [2.45, 2.75) is 13.5 Å². The Balaban J connectivity index is 1.27.